The van der Waals surface area contributed by atoms with Gasteiger partial charge in [-0.25, -0.2) is 4.52 Å². The molecule has 3 rings (SSSR count). The number of hydrogen-bond donors (Lipinski definition) is 0. The molecule has 1 atom stereocenters. The van der Waals surface area contributed by atoms with Gasteiger partial charge in [-0.3, -0.25) is 9.36 Å². The van der Waals surface area contributed by atoms with E-state index in [1.807, 2.05) is 38.6 Å². The van der Waals surface area contributed by atoms with Crippen LogP contribution in [0.2, 0.25) is 0 Å². The number of anilines is 1. The molecule has 0 radical (unpaired) electrons. The summed E-state index contributed by atoms with van der Waals surface area (Å²) in [5.74, 6) is 1.03. The normalized spacial score (nSPS) is 12.6. The van der Waals surface area contributed by atoms with Gasteiger partial charge in [-0.2, -0.15) is 0 Å². The molecular weight excluding hydrogens is 324 g/mol. The van der Waals surface area contributed by atoms with E-state index < -0.39 is 0 Å². The van der Waals surface area contributed by atoms with Crippen LogP contribution in [0.25, 0.3) is 16.9 Å². The van der Waals surface area contributed by atoms with Crippen LogP contribution in [-0.4, -0.2) is 28.3 Å². The van der Waals surface area contributed by atoms with Crippen molar-refractivity contribution < 1.29 is 0 Å². The van der Waals surface area contributed by atoms with Gasteiger partial charge in [0, 0.05) is 38.1 Å². The molecule has 0 spiro atoms. The number of nitrogens with zero attached hydrogens (tertiary/aromatic N) is 4. The lowest BCUT2D eigenvalue weighted by Crippen LogP contribution is -2.24. The topological polar surface area (TPSA) is 42.5 Å². The van der Waals surface area contributed by atoms with Gasteiger partial charge < -0.3 is 4.90 Å². The van der Waals surface area contributed by atoms with Crippen molar-refractivity contribution in [3.63, 3.8) is 0 Å². The fourth-order valence-corrected chi connectivity index (χ4v) is 3.42. The highest BCUT2D eigenvalue weighted by molar-refractivity contribution is 5.67. The van der Waals surface area contributed by atoms with Gasteiger partial charge in [0.05, 0.1) is 0 Å². The molecule has 1 unspecified atom stereocenters. The zero-order valence-electron chi connectivity index (χ0n) is 16.8. The summed E-state index contributed by atoms with van der Waals surface area (Å²) in [7, 11) is 5.86. The predicted molar refractivity (Wildman–Crippen MR) is 108 cm³/mol. The van der Waals surface area contributed by atoms with Crippen LogP contribution in [0.1, 0.15) is 43.0 Å². The maximum atomic E-state index is 13.2. The van der Waals surface area contributed by atoms with Crippen LogP contribution in [0.5, 0.6) is 0 Å². The summed E-state index contributed by atoms with van der Waals surface area (Å²) in [5, 5.41) is 4.84. The molecule has 0 aliphatic rings. The monoisotopic (exact) mass is 352 g/mol. The molecule has 3 aromatic rings. The van der Waals surface area contributed by atoms with Crippen molar-refractivity contribution in [1.29, 1.82) is 0 Å². The van der Waals surface area contributed by atoms with E-state index in [0.717, 1.165) is 34.5 Å². The molecular formula is C21H28N4O. The summed E-state index contributed by atoms with van der Waals surface area (Å²) in [5.41, 5.74) is 6.01. The van der Waals surface area contributed by atoms with Gasteiger partial charge in [-0.15, -0.1) is 5.10 Å². The third-order valence-electron chi connectivity index (χ3n) is 5.31. The van der Waals surface area contributed by atoms with Crippen molar-refractivity contribution in [1.82, 2.24) is 14.2 Å². The standard InChI is InChI=1S/C21H28N4O/c1-8-13(2)18-12-15(4)25-19(18)21(26)24(7)20(22-25)17-10-9-16(23(5)6)11-14(17)3/h9-13H,8H2,1-7H3. The fourth-order valence-electron chi connectivity index (χ4n) is 3.42. The van der Waals surface area contributed by atoms with Gasteiger partial charge in [-0.05, 0) is 61.6 Å². The minimum absolute atomic E-state index is 0.00878. The van der Waals surface area contributed by atoms with Crippen molar-refractivity contribution in [3.05, 3.63) is 51.4 Å². The Labute approximate surface area is 154 Å². The van der Waals surface area contributed by atoms with Crippen LogP contribution in [0.3, 0.4) is 0 Å². The van der Waals surface area contributed by atoms with Crippen molar-refractivity contribution in [2.45, 2.75) is 40.0 Å². The summed E-state index contributed by atoms with van der Waals surface area (Å²) in [4.78, 5) is 15.2. The van der Waals surface area contributed by atoms with Gasteiger partial charge in [-0.1, -0.05) is 13.8 Å². The molecule has 138 valence electrons. The summed E-state index contributed by atoms with van der Waals surface area (Å²) >= 11 is 0. The maximum absolute atomic E-state index is 13.2. The highest BCUT2D eigenvalue weighted by atomic mass is 16.1. The Kier molecular flexibility index (Phi) is 4.65. The van der Waals surface area contributed by atoms with Crippen LogP contribution in [0.4, 0.5) is 5.69 Å². The summed E-state index contributed by atoms with van der Waals surface area (Å²) < 4.78 is 3.50. The first kappa shape index (κ1) is 18.2. The number of rotatable bonds is 4. The highest BCUT2D eigenvalue weighted by Gasteiger charge is 2.19. The van der Waals surface area contributed by atoms with Crippen molar-refractivity contribution >= 4 is 11.2 Å². The first-order valence-electron chi connectivity index (χ1n) is 9.13. The number of hydrogen-bond acceptors (Lipinski definition) is 3. The van der Waals surface area contributed by atoms with E-state index in [9.17, 15) is 4.79 Å². The fraction of sp³-hybridized carbons (Fsp3) is 0.429. The van der Waals surface area contributed by atoms with E-state index in [1.165, 1.54) is 0 Å². The molecule has 0 amide bonds. The molecule has 0 fully saturated rings. The molecule has 0 bridgehead atoms. The number of benzene rings is 1. The lowest BCUT2D eigenvalue weighted by atomic mass is 10.00. The van der Waals surface area contributed by atoms with E-state index in [4.69, 9.17) is 5.10 Å². The molecule has 1 aromatic carbocycles. The van der Waals surface area contributed by atoms with Crippen molar-refractivity contribution in [2.75, 3.05) is 19.0 Å². The third-order valence-corrected chi connectivity index (χ3v) is 5.31. The Morgan fingerprint density at radius 2 is 1.88 bits per heavy atom. The van der Waals surface area contributed by atoms with Crippen molar-refractivity contribution in [3.8, 4) is 11.4 Å². The van der Waals surface area contributed by atoms with Crippen LogP contribution in [0, 0.1) is 13.8 Å². The van der Waals surface area contributed by atoms with E-state index in [2.05, 4.69) is 43.9 Å². The molecule has 2 heterocycles. The molecule has 5 heteroatoms. The second-order valence-corrected chi connectivity index (χ2v) is 7.39. The van der Waals surface area contributed by atoms with E-state index >= 15 is 0 Å². The lowest BCUT2D eigenvalue weighted by molar-refractivity contribution is 0.728. The minimum Gasteiger partial charge on any atom is -0.378 e. The van der Waals surface area contributed by atoms with Crippen molar-refractivity contribution in [2.24, 2.45) is 7.05 Å². The second kappa shape index (κ2) is 6.63. The first-order valence-corrected chi connectivity index (χ1v) is 9.13. The third kappa shape index (κ3) is 2.81. The number of fused-ring (bicyclic) bond motifs is 1. The van der Waals surface area contributed by atoms with Crippen LogP contribution < -0.4 is 10.5 Å². The van der Waals surface area contributed by atoms with E-state index in [0.29, 0.717) is 17.3 Å². The Hall–Kier alpha value is -2.56. The Balaban J connectivity index is 2.28. The molecule has 5 nitrogen and oxygen atoms in total. The molecule has 26 heavy (non-hydrogen) atoms. The molecule has 0 aliphatic heterocycles. The average Bonchev–Trinajstić information content (AvgIpc) is 2.94. The van der Waals surface area contributed by atoms with Crippen LogP contribution in [0.15, 0.2) is 29.1 Å². The van der Waals surface area contributed by atoms with Crippen LogP contribution >= 0.6 is 0 Å². The predicted octanol–water partition coefficient (Wildman–Crippen LogP) is 3.90. The molecule has 0 aliphatic carbocycles. The van der Waals surface area contributed by atoms with E-state index in [1.54, 1.807) is 4.57 Å². The van der Waals surface area contributed by atoms with Gasteiger partial charge in [0.1, 0.15) is 5.52 Å². The smallest absolute Gasteiger partial charge is 0.278 e. The van der Waals surface area contributed by atoms with Gasteiger partial charge >= 0.3 is 0 Å². The maximum Gasteiger partial charge on any atom is 0.278 e. The summed E-state index contributed by atoms with van der Waals surface area (Å²) in [6.45, 7) is 8.38. The molecule has 0 saturated heterocycles. The number of aromatic nitrogens is 3. The number of aryl methyl sites for hydroxylation is 2. The zero-order chi connectivity index (χ0) is 19.2. The largest absolute Gasteiger partial charge is 0.378 e. The summed E-state index contributed by atoms with van der Waals surface area (Å²) in [6.07, 6.45) is 0.995. The SMILES string of the molecule is CCC(C)c1cc(C)n2nc(-c3ccc(N(C)C)cc3C)n(C)c(=O)c12. The Morgan fingerprint density at radius 1 is 1.19 bits per heavy atom. The quantitative estimate of drug-likeness (QED) is 0.715. The van der Waals surface area contributed by atoms with Crippen LogP contribution in [-0.2, 0) is 7.05 Å². The van der Waals surface area contributed by atoms with Gasteiger partial charge in [0.2, 0.25) is 0 Å². The zero-order valence-corrected chi connectivity index (χ0v) is 16.8. The Bertz CT molecular complexity index is 1030. The molecule has 0 saturated carbocycles. The van der Waals surface area contributed by atoms with E-state index in [-0.39, 0.29) is 5.56 Å². The summed E-state index contributed by atoms with van der Waals surface area (Å²) in [6, 6.07) is 8.33. The minimum atomic E-state index is 0.00878. The van der Waals surface area contributed by atoms with Gasteiger partial charge in [0.25, 0.3) is 5.56 Å². The lowest BCUT2D eigenvalue weighted by Gasteiger charge is -2.16. The molecule has 0 N–H and O–H groups in total. The first-order chi connectivity index (χ1) is 12.3. The average molecular weight is 352 g/mol. The molecule has 2 aromatic heterocycles. The second-order valence-electron chi connectivity index (χ2n) is 7.39. The van der Waals surface area contributed by atoms with Gasteiger partial charge in [0.15, 0.2) is 5.82 Å². The highest BCUT2D eigenvalue weighted by Crippen LogP contribution is 2.28. The Morgan fingerprint density at radius 3 is 2.46 bits per heavy atom.